The van der Waals surface area contributed by atoms with E-state index in [1.807, 2.05) is 236 Å². The van der Waals surface area contributed by atoms with E-state index in [0.717, 1.165) is 119 Å². The Morgan fingerprint density at radius 3 is 1.16 bits per heavy atom. The normalized spacial score (nSPS) is 12.2. The van der Waals surface area contributed by atoms with Crippen molar-refractivity contribution in [1.29, 1.82) is 0 Å². The zero-order chi connectivity index (χ0) is 94.4. The fourth-order valence-electron chi connectivity index (χ4n) is 12.0. The molecule has 0 N–H and O–H groups in total. The van der Waals surface area contributed by atoms with Crippen LogP contribution in [0.1, 0.15) is 123 Å². The highest BCUT2D eigenvalue weighted by Crippen LogP contribution is 2.29. The van der Waals surface area contributed by atoms with Crippen LogP contribution in [0.5, 0.6) is 0 Å². The van der Waals surface area contributed by atoms with Gasteiger partial charge in [-0.15, -0.1) is 15.3 Å². The highest BCUT2D eigenvalue weighted by Gasteiger charge is 2.42. The molecule has 0 aliphatic carbocycles. The van der Waals surface area contributed by atoms with Crippen molar-refractivity contribution in [3.63, 3.8) is 0 Å². The fraction of sp³-hybridized carbons (Fsp3) is 0.390. The molecule has 6 aromatic heterocycles. The number of imidazole rings is 3. The van der Waals surface area contributed by atoms with Crippen LogP contribution in [0.15, 0.2) is 251 Å². The molecule has 135 heavy (non-hydrogen) atoms. The molecule has 35 heteroatoms. The third-order valence-corrected chi connectivity index (χ3v) is 19.4. The molecule has 0 saturated carbocycles. The number of amides is 10. The number of benzene rings is 6. The molecule has 2 aliphatic heterocycles. The third-order valence-electron chi connectivity index (χ3n) is 19.4. The van der Waals surface area contributed by atoms with Gasteiger partial charge in [0, 0.05) is 171 Å². The first-order chi connectivity index (χ1) is 61.5. The number of para-hydroxylation sites is 1. The lowest BCUT2D eigenvalue weighted by atomic mass is 9.89. The molecule has 732 valence electrons. The Morgan fingerprint density at radius 1 is 0.400 bits per heavy atom. The summed E-state index contributed by atoms with van der Waals surface area (Å²) < 4.78 is 19.0. The number of carbonyl (C=O) groups excluding carboxylic acids is 9. The van der Waals surface area contributed by atoms with Gasteiger partial charge in [0.2, 0.25) is 0 Å². The van der Waals surface area contributed by atoms with Crippen molar-refractivity contribution in [2.45, 2.75) is 136 Å². The molecule has 14 rings (SSSR count). The zero-order valence-corrected chi connectivity index (χ0v) is 77.4. The Kier molecular flexibility index (Phi) is 51.4. The maximum Gasteiger partial charge on any atom is 0.418 e. The number of aromatic nitrogens is 14. The molecule has 0 spiro atoms. The quantitative estimate of drug-likeness (QED) is 0.0811. The first kappa shape index (κ1) is 118. The van der Waals surface area contributed by atoms with Crippen LogP contribution in [-0.2, 0) is 15.9 Å². The second-order valence-electron chi connectivity index (χ2n) is 32.1. The number of nitrogens with zero attached hydrogens (tertiary/aromatic N) is 24. The van der Waals surface area contributed by atoms with Crippen LogP contribution in [0.2, 0.25) is 0 Å². The van der Waals surface area contributed by atoms with Gasteiger partial charge in [0.15, 0.2) is 0 Å². The van der Waals surface area contributed by atoms with Crippen molar-refractivity contribution in [3.8, 4) is 45.0 Å². The summed E-state index contributed by atoms with van der Waals surface area (Å²) in [5, 5.41) is 18.9. The predicted octanol–water partition coefficient (Wildman–Crippen LogP) is 19.6. The van der Waals surface area contributed by atoms with Gasteiger partial charge < -0.3 is 48.7 Å². The molecule has 8 heterocycles. The smallest absolute Gasteiger partial charge is 0.418 e. The molecule has 2 saturated heterocycles. The number of hydrogen-bond acceptors (Lipinski definition) is 20. The number of cyclic esters (lactones) is 2. The molecule has 12 aromatic rings. The molecule has 10 amide bonds. The van der Waals surface area contributed by atoms with E-state index in [2.05, 4.69) is 61.0 Å². The molecular weight excluding hydrogens is 1710 g/mol. The van der Waals surface area contributed by atoms with Crippen LogP contribution in [0.4, 0.5) is 43.2 Å². The molecule has 0 radical (unpaired) electrons. The molecule has 0 bridgehead atoms. The van der Waals surface area contributed by atoms with E-state index in [-0.39, 0.29) is 110 Å². The summed E-state index contributed by atoms with van der Waals surface area (Å²) in [4.78, 5) is 133. The molecule has 2 unspecified atom stereocenters. The second-order valence-corrected chi connectivity index (χ2v) is 32.1. The van der Waals surface area contributed by atoms with Gasteiger partial charge in [-0.25, -0.2) is 67.6 Å². The average molecular weight is 1860 g/mol. The minimum atomic E-state index is -0.548. The van der Waals surface area contributed by atoms with Crippen molar-refractivity contribution in [2.24, 2.45) is 5.41 Å². The Labute approximate surface area is 799 Å². The summed E-state index contributed by atoms with van der Waals surface area (Å²) in [6, 6.07) is 57.5. The van der Waals surface area contributed by atoms with Crippen molar-refractivity contribution >= 4 is 65.4 Å². The van der Waals surface area contributed by atoms with Crippen LogP contribution in [0.3, 0.4) is 0 Å². The Hall–Kier alpha value is -14.9. The van der Waals surface area contributed by atoms with Crippen molar-refractivity contribution < 1.29 is 52.6 Å². The average Bonchev–Trinajstić information content (AvgIpc) is 1.67. The van der Waals surface area contributed by atoms with E-state index >= 15 is 0 Å². The lowest BCUT2D eigenvalue weighted by molar-refractivity contribution is 0.0724. The number of urea groups is 1. The number of ether oxygens (including phenoxy) is 2. The third kappa shape index (κ3) is 36.3. The van der Waals surface area contributed by atoms with Gasteiger partial charge in [0.05, 0.1) is 41.4 Å². The lowest BCUT2D eigenvalue weighted by Crippen LogP contribution is -2.41. The van der Waals surface area contributed by atoms with Crippen LogP contribution < -0.4 is 0 Å². The summed E-state index contributed by atoms with van der Waals surface area (Å²) >= 11 is 0. The topological polar surface area (TPSA) is 337 Å². The predicted molar refractivity (Wildman–Crippen MR) is 538 cm³/mol. The SMILES string of the molecule is C.C.C.C.C.C.C=C(N(C)C)N1CC(Cc2ccccc2)OC1=O.CCCCCN(C)C(=O)n1cnc(-c2ccccc2)c1.CCCCCN(C)C(=O)n1cnc(-c2ccccc2)c1.CN(C)C(=O)N1CC(C(C)(C)C)OC1=O.CN(C)C(=O)n1ccc(-c2ccccc2)n1.CN(C)C(=O)n1cnc(-c2ccccc2)c1.CN(C)C(=O)n1cnnc1.CN(C)C(=O)n1nnc2ccccc21. The Morgan fingerprint density at radius 2 is 0.770 bits per heavy atom. The number of imide groups is 1. The first-order valence-electron chi connectivity index (χ1n) is 42.0. The van der Waals surface area contributed by atoms with E-state index < -0.39 is 6.09 Å². The zero-order valence-electron chi connectivity index (χ0n) is 77.4. The summed E-state index contributed by atoms with van der Waals surface area (Å²) in [6.45, 7) is 16.6. The summed E-state index contributed by atoms with van der Waals surface area (Å²) in [5.41, 5.74) is 9.78. The van der Waals surface area contributed by atoms with E-state index in [0.29, 0.717) is 18.9 Å². The fourth-order valence-corrected chi connectivity index (χ4v) is 12.0. The summed E-state index contributed by atoms with van der Waals surface area (Å²) in [5.74, 6) is 0.663. The number of rotatable bonds is 16. The van der Waals surface area contributed by atoms with Crippen LogP contribution in [0, 0.1) is 5.41 Å². The molecule has 35 nitrogen and oxygen atoms in total. The highest BCUT2D eigenvalue weighted by atomic mass is 16.6. The molecule has 2 atom stereocenters. The van der Waals surface area contributed by atoms with E-state index in [1.165, 1.54) is 67.5 Å². The molecule has 2 fully saturated rings. The van der Waals surface area contributed by atoms with E-state index in [1.54, 1.807) is 132 Å². The minimum absolute atomic E-state index is 0. The monoisotopic (exact) mass is 1860 g/mol. The highest BCUT2D eigenvalue weighted by molar-refractivity contribution is 5.92. The number of unbranched alkanes of at least 4 members (excludes halogenated alkanes) is 4. The lowest BCUT2D eigenvalue weighted by Gasteiger charge is -2.24. The first-order valence-corrected chi connectivity index (χ1v) is 42.0. The van der Waals surface area contributed by atoms with Gasteiger partial charge in [-0.3, -0.25) is 18.6 Å². The van der Waals surface area contributed by atoms with E-state index in [4.69, 9.17) is 9.47 Å². The molecular formula is C100H146N24O11. The second kappa shape index (κ2) is 58.8. The van der Waals surface area contributed by atoms with Gasteiger partial charge >= 0.3 is 54.4 Å². The van der Waals surface area contributed by atoms with Crippen LogP contribution in [-0.4, -0.2) is 309 Å². The van der Waals surface area contributed by atoms with Crippen molar-refractivity contribution in [3.05, 3.63) is 256 Å². The Balaban J connectivity index is 0.000000771. The van der Waals surface area contributed by atoms with Gasteiger partial charge in [-0.05, 0) is 36.6 Å². The standard InChI is InChI=1S/2C16H21N3O.C14H18N2O2.2C12H13N3O.C10H18N2O3.C9H10N4O.C5H8N4O.6CH4/c2*1-3-4-8-11-18(2)16(20)19-12-15(17-13-19)14-9-6-5-7-10-14;1-11(15(2)3)16-10-13(18-14(16)17)9-12-7-5-4-6-8-12;1-14(2)12(16)15-8-11(13-9-15)10-6-4-3-5-7-10;1-14(2)12(16)15-9-8-11(13-15)10-6-4-3-5-7-10;1-10(2,3)7-6-12(9(14)15-7)8(13)11(4)5;1-12(2)9(14)13-8-6-4-3-5-7(8)10-11-13;1-8(2)5(10)9-3-6-7-4-9;;;;;;/h2*5-7,9-10,12-13H,3-4,8,11H2,1-2H3;4-8,13H,1,9-10H2,2-3H3;2*3-9H,1-2H3;7H,6H2,1-5H3;3-6H,1-2H3;3-4H,1-2H3;6*1H4. The maximum atomic E-state index is 12.2. The summed E-state index contributed by atoms with van der Waals surface area (Å²) in [7, 11) is 24.1. The number of fused-ring (bicyclic) bond motifs is 1. The number of hydrogen-bond donors (Lipinski definition) is 0. The van der Waals surface area contributed by atoms with Crippen molar-refractivity contribution in [2.75, 3.05) is 125 Å². The van der Waals surface area contributed by atoms with Gasteiger partial charge in [-0.1, -0.05) is 280 Å². The summed E-state index contributed by atoms with van der Waals surface area (Å²) in [6.07, 6.45) is 20.7. The minimum Gasteiger partial charge on any atom is -0.444 e. The maximum absolute atomic E-state index is 12.2. The van der Waals surface area contributed by atoms with Gasteiger partial charge in [-0.2, -0.15) is 14.5 Å². The van der Waals surface area contributed by atoms with Crippen molar-refractivity contribution in [1.82, 2.24) is 117 Å². The Bertz CT molecular complexity index is 5300. The van der Waals surface area contributed by atoms with Gasteiger partial charge in [0.25, 0.3) is 0 Å². The number of carbonyl (C=O) groups is 9. The molecule has 6 aromatic carbocycles. The van der Waals surface area contributed by atoms with E-state index in [9.17, 15) is 43.2 Å². The largest absolute Gasteiger partial charge is 0.444 e. The van der Waals surface area contributed by atoms with Crippen LogP contribution >= 0.6 is 0 Å². The van der Waals surface area contributed by atoms with Crippen LogP contribution in [0.25, 0.3) is 56.1 Å². The molecule has 2 aliphatic rings. The van der Waals surface area contributed by atoms with Gasteiger partial charge in [0.1, 0.15) is 55.2 Å².